The number of rotatable bonds is 3. The van der Waals surface area contributed by atoms with Crippen LogP contribution in [0, 0.1) is 0 Å². The van der Waals surface area contributed by atoms with Crippen LogP contribution in [0.25, 0.3) is 0 Å². The summed E-state index contributed by atoms with van der Waals surface area (Å²) in [5.41, 5.74) is 0. The molecule has 0 aromatic heterocycles. The highest BCUT2D eigenvalue weighted by Gasteiger charge is 2.15. The summed E-state index contributed by atoms with van der Waals surface area (Å²) in [5, 5.41) is 2.21. The molecule has 0 heterocycles. The van der Waals surface area contributed by atoms with Gasteiger partial charge < -0.3 is 14.8 Å². The van der Waals surface area contributed by atoms with Gasteiger partial charge in [0.1, 0.15) is 6.04 Å². The fourth-order valence-electron chi connectivity index (χ4n) is 0.504. The first kappa shape index (κ1) is 11.0. The Kier molecular flexibility index (Phi) is 5.19. The van der Waals surface area contributed by atoms with E-state index >= 15 is 0 Å². The lowest BCUT2D eigenvalue weighted by Crippen LogP contribution is -2.39. The first-order chi connectivity index (χ1) is 5.61. The Morgan fingerprint density at radius 1 is 1.58 bits per heavy atom. The summed E-state index contributed by atoms with van der Waals surface area (Å²) in [6, 6.07) is -0.981. The van der Waals surface area contributed by atoms with Gasteiger partial charge in [-0.2, -0.15) is 0 Å². The number of alkyl carbamates (subject to hydrolysis) is 1. The quantitative estimate of drug-likeness (QED) is 0.525. The molecule has 0 spiro atoms. The van der Waals surface area contributed by atoms with Crippen molar-refractivity contribution in [3.63, 3.8) is 0 Å². The van der Waals surface area contributed by atoms with Gasteiger partial charge in [0.15, 0.2) is 6.07 Å². The number of hydrogen-bond acceptors (Lipinski definition) is 4. The highest BCUT2D eigenvalue weighted by Crippen LogP contribution is 1.88. The number of ether oxygens (including phenoxy) is 2. The molecule has 70 valence electrons. The van der Waals surface area contributed by atoms with Crippen molar-refractivity contribution >= 4 is 23.7 Å². The van der Waals surface area contributed by atoms with Crippen molar-refractivity contribution in [2.45, 2.75) is 13.0 Å². The highest BCUT2D eigenvalue weighted by molar-refractivity contribution is 6.17. The molecule has 0 rings (SSSR count). The Hall–Kier alpha value is -0.970. The molecule has 0 unspecified atom stereocenters. The third-order valence-corrected chi connectivity index (χ3v) is 1.18. The third-order valence-electron chi connectivity index (χ3n) is 1.07. The van der Waals surface area contributed by atoms with Gasteiger partial charge in [0.25, 0.3) is 0 Å². The van der Waals surface area contributed by atoms with E-state index in [4.69, 9.17) is 11.6 Å². The maximum atomic E-state index is 10.7. The number of carbonyl (C=O) groups excluding carboxylic acids is 2. The van der Waals surface area contributed by atoms with Gasteiger partial charge in [0.05, 0.1) is 7.11 Å². The van der Waals surface area contributed by atoms with E-state index in [9.17, 15) is 9.59 Å². The molecule has 0 aromatic rings. The summed E-state index contributed by atoms with van der Waals surface area (Å²) in [5.74, 6) is -0.540. The molecular formula is C6H10ClNO4. The molecule has 0 bridgehead atoms. The van der Waals surface area contributed by atoms with E-state index in [2.05, 4.69) is 14.8 Å². The van der Waals surface area contributed by atoms with Crippen LogP contribution >= 0.6 is 11.6 Å². The molecule has 0 aliphatic carbocycles. The number of nitrogens with one attached hydrogen (secondary N) is 1. The SMILES string of the molecule is COC(=O)[C@H](C)NC(=O)OCCl. The van der Waals surface area contributed by atoms with Crippen LogP contribution in [0.4, 0.5) is 4.79 Å². The summed E-state index contributed by atoms with van der Waals surface area (Å²) in [6.07, 6.45) is -0.747. The molecule has 6 heteroatoms. The van der Waals surface area contributed by atoms with Crippen LogP contribution in [0.3, 0.4) is 0 Å². The van der Waals surface area contributed by atoms with Crippen molar-refractivity contribution in [2.24, 2.45) is 0 Å². The van der Waals surface area contributed by atoms with Crippen LogP contribution in [0.1, 0.15) is 6.92 Å². The minimum absolute atomic E-state index is 0.250. The molecule has 0 radical (unpaired) electrons. The number of carbonyl (C=O) groups is 2. The predicted octanol–water partition coefficient (Wildman–Crippen LogP) is 0.470. The largest absolute Gasteiger partial charge is 0.467 e. The summed E-state index contributed by atoms with van der Waals surface area (Å²) in [6.45, 7) is 1.47. The first-order valence-corrected chi connectivity index (χ1v) is 3.72. The van der Waals surface area contributed by atoms with E-state index < -0.39 is 18.1 Å². The number of methoxy groups -OCH3 is 1. The van der Waals surface area contributed by atoms with Crippen molar-refractivity contribution in [3.05, 3.63) is 0 Å². The molecule has 0 aromatic carbocycles. The molecule has 1 amide bonds. The molecular weight excluding hydrogens is 186 g/mol. The number of amides is 1. The molecule has 0 fully saturated rings. The van der Waals surface area contributed by atoms with Gasteiger partial charge in [0, 0.05) is 0 Å². The molecule has 0 saturated heterocycles. The van der Waals surface area contributed by atoms with Crippen LogP contribution in [-0.4, -0.2) is 31.3 Å². The van der Waals surface area contributed by atoms with Gasteiger partial charge in [-0.3, -0.25) is 0 Å². The van der Waals surface area contributed by atoms with Crippen LogP contribution in [0.15, 0.2) is 0 Å². The maximum Gasteiger partial charge on any atom is 0.409 e. The zero-order valence-corrected chi connectivity index (χ0v) is 7.55. The summed E-state index contributed by atoms with van der Waals surface area (Å²) in [4.78, 5) is 21.4. The first-order valence-electron chi connectivity index (χ1n) is 3.19. The van der Waals surface area contributed by atoms with E-state index in [-0.39, 0.29) is 6.07 Å². The highest BCUT2D eigenvalue weighted by atomic mass is 35.5. The molecule has 1 N–H and O–H groups in total. The van der Waals surface area contributed by atoms with Gasteiger partial charge in [-0.25, -0.2) is 9.59 Å². The number of halogens is 1. The topological polar surface area (TPSA) is 64.6 Å². The van der Waals surface area contributed by atoms with Gasteiger partial charge in [-0.1, -0.05) is 11.6 Å². The van der Waals surface area contributed by atoms with E-state index in [1.165, 1.54) is 14.0 Å². The fraction of sp³-hybridized carbons (Fsp3) is 0.667. The lowest BCUT2D eigenvalue weighted by Gasteiger charge is -2.09. The normalized spacial score (nSPS) is 11.6. The van der Waals surface area contributed by atoms with Gasteiger partial charge in [-0.05, 0) is 6.92 Å². The second-order valence-corrected chi connectivity index (χ2v) is 2.15. The van der Waals surface area contributed by atoms with Crippen LogP contribution in [0.2, 0.25) is 0 Å². The lowest BCUT2D eigenvalue weighted by atomic mass is 10.3. The Balaban J connectivity index is 3.75. The van der Waals surface area contributed by atoms with Crippen molar-refractivity contribution in [2.75, 3.05) is 13.2 Å². The minimum Gasteiger partial charge on any atom is -0.467 e. The Bertz CT molecular complexity index is 173. The van der Waals surface area contributed by atoms with E-state index in [0.29, 0.717) is 0 Å². The van der Waals surface area contributed by atoms with Crippen molar-refractivity contribution in [1.82, 2.24) is 5.32 Å². The standard InChI is InChI=1S/C6H10ClNO4/c1-4(5(9)11-2)8-6(10)12-3-7/h4H,3H2,1-2H3,(H,8,10)/t4-/m0/s1. The molecule has 1 atom stereocenters. The minimum atomic E-state index is -0.747. The predicted molar refractivity (Wildman–Crippen MR) is 41.8 cm³/mol. The zero-order chi connectivity index (χ0) is 9.56. The maximum absolute atomic E-state index is 10.7. The second kappa shape index (κ2) is 5.65. The number of esters is 1. The molecule has 5 nitrogen and oxygen atoms in total. The Morgan fingerprint density at radius 3 is 2.58 bits per heavy atom. The molecule has 0 aliphatic rings. The summed E-state index contributed by atoms with van der Waals surface area (Å²) in [7, 11) is 1.23. The van der Waals surface area contributed by atoms with E-state index in [0.717, 1.165) is 0 Å². The molecule has 12 heavy (non-hydrogen) atoms. The average Bonchev–Trinajstić information content (AvgIpc) is 2.03. The van der Waals surface area contributed by atoms with Gasteiger partial charge >= 0.3 is 12.1 Å². The summed E-state index contributed by atoms with van der Waals surface area (Å²) >= 11 is 5.09. The zero-order valence-electron chi connectivity index (χ0n) is 6.80. The van der Waals surface area contributed by atoms with E-state index in [1.54, 1.807) is 0 Å². The van der Waals surface area contributed by atoms with Crippen molar-refractivity contribution < 1.29 is 19.1 Å². The van der Waals surface area contributed by atoms with Crippen molar-refractivity contribution in [3.8, 4) is 0 Å². The number of alkyl halides is 1. The lowest BCUT2D eigenvalue weighted by molar-refractivity contribution is -0.142. The average molecular weight is 196 g/mol. The van der Waals surface area contributed by atoms with Gasteiger partial charge in [0.2, 0.25) is 0 Å². The van der Waals surface area contributed by atoms with Crippen LogP contribution < -0.4 is 5.32 Å². The Labute approximate surface area is 75.0 Å². The van der Waals surface area contributed by atoms with Crippen LogP contribution in [0.5, 0.6) is 0 Å². The fourth-order valence-corrected chi connectivity index (χ4v) is 0.603. The third kappa shape index (κ3) is 4.02. The smallest absolute Gasteiger partial charge is 0.409 e. The number of hydrogen-bond donors (Lipinski definition) is 1. The molecule has 0 aliphatic heterocycles. The van der Waals surface area contributed by atoms with Gasteiger partial charge in [-0.15, -0.1) is 0 Å². The molecule has 0 saturated carbocycles. The Morgan fingerprint density at radius 2 is 2.17 bits per heavy atom. The monoisotopic (exact) mass is 195 g/mol. The van der Waals surface area contributed by atoms with E-state index in [1.807, 2.05) is 0 Å². The second-order valence-electron chi connectivity index (χ2n) is 1.93. The van der Waals surface area contributed by atoms with Crippen LogP contribution in [-0.2, 0) is 14.3 Å². The van der Waals surface area contributed by atoms with Crippen molar-refractivity contribution in [1.29, 1.82) is 0 Å². The summed E-state index contributed by atoms with van der Waals surface area (Å²) < 4.78 is 8.66.